The molecule has 0 fully saturated rings. The fourth-order valence-electron chi connectivity index (χ4n) is 3.86. The van der Waals surface area contributed by atoms with Crippen LogP contribution in [0.2, 0.25) is 0 Å². The van der Waals surface area contributed by atoms with E-state index in [4.69, 9.17) is 4.42 Å². The van der Waals surface area contributed by atoms with Gasteiger partial charge in [-0.25, -0.2) is 4.42 Å². The molecule has 2 aliphatic carbocycles. The Morgan fingerprint density at radius 1 is 0.545 bits per heavy atom. The third-order valence-electron chi connectivity index (χ3n) is 4.99. The van der Waals surface area contributed by atoms with Crippen molar-refractivity contribution in [3.05, 3.63) is 76.9 Å². The number of aryl methyl sites for hydroxylation is 4. The van der Waals surface area contributed by atoms with E-state index >= 15 is 0 Å². The first-order valence-corrected chi connectivity index (χ1v) is 8.05. The molecule has 0 amide bonds. The molecule has 0 saturated heterocycles. The van der Waals surface area contributed by atoms with Crippen LogP contribution in [0.3, 0.4) is 0 Å². The van der Waals surface area contributed by atoms with Crippen LogP contribution in [-0.2, 0) is 25.7 Å². The minimum absolute atomic E-state index is 1.08. The van der Waals surface area contributed by atoms with Crippen molar-refractivity contribution < 1.29 is 4.42 Å². The maximum absolute atomic E-state index is 6.48. The molecule has 0 spiro atoms. The normalized spacial score (nSPS) is 14.5. The fraction of sp³-hybridized carbons (Fsp3) is 0.190. The molecule has 0 radical (unpaired) electrons. The van der Waals surface area contributed by atoms with Gasteiger partial charge in [0.05, 0.1) is 22.3 Å². The molecule has 1 nitrogen and oxygen atoms in total. The second kappa shape index (κ2) is 4.54. The van der Waals surface area contributed by atoms with Gasteiger partial charge in [-0.3, -0.25) is 0 Å². The first-order chi connectivity index (χ1) is 10.9. The maximum Gasteiger partial charge on any atom is 0.364 e. The van der Waals surface area contributed by atoms with E-state index in [1.165, 1.54) is 33.4 Å². The van der Waals surface area contributed by atoms with E-state index in [2.05, 4.69) is 54.6 Å². The first-order valence-electron chi connectivity index (χ1n) is 8.05. The Morgan fingerprint density at radius 3 is 1.55 bits per heavy atom. The Morgan fingerprint density at radius 2 is 1.00 bits per heavy atom. The Kier molecular flexibility index (Phi) is 2.51. The maximum atomic E-state index is 6.48. The SMILES string of the molecule is c1ccc2c(c1)CCc1cc3c([o+]c1-2)-c1ccccc1CC3. The Bertz CT molecular complexity index is 821. The van der Waals surface area contributed by atoms with Crippen molar-refractivity contribution >= 4 is 0 Å². The molecule has 2 aliphatic rings. The Balaban J connectivity index is 1.78. The molecule has 0 N–H and O–H groups in total. The van der Waals surface area contributed by atoms with Gasteiger partial charge >= 0.3 is 11.5 Å². The van der Waals surface area contributed by atoms with Gasteiger partial charge in [-0.05, 0) is 55.0 Å². The summed E-state index contributed by atoms with van der Waals surface area (Å²) in [5.74, 6) is 2.16. The molecule has 2 aromatic carbocycles. The molecular weight excluding hydrogens is 268 g/mol. The van der Waals surface area contributed by atoms with Gasteiger partial charge in [0.1, 0.15) is 0 Å². The lowest BCUT2D eigenvalue weighted by atomic mass is 9.85. The van der Waals surface area contributed by atoms with Crippen LogP contribution in [0.1, 0.15) is 22.3 Å². The Labute approximate surface area is 130 Å². The molecule has 22 heavy (non-hydrogen) atoms. The van der Waals surface area contributed by atoms with E-state index in [9.17, 15) is 0 Å². The highest BCUT2D eigenvalue weighted by Crippen LogP contribution is 2.41. The van der Waals surface area contributed by atoms with Gasteiger partial charge in [-0.1, -0.05) is 36.4 Å². The van der Waals surface area contributed by atoms with E-state index in [0.717, 1.165) is 37.2 Å². The van der Waals surface area contributed by atoms with Crippen molar-refractivity contribution in [2.24, 2.45) is 0 Å². The summed E-state index contributed by atoms with van der Waals surface area (Å²) >= 11 is 0. The second-order valence-electron chi connectivity index (χ2n) is 6.27. The largest absolute Gasteiger partial charge is 0.364 e. The third kappa shape index (κ3) is 1.69. The summed E-state index contributed by atoms with van der Waals surface area (Å²) in [7, 11) is 0. The molecule has 3 aromatic rings. The van der Waals surface area contributed by atoms with Crippen molar-refractivity contribution in [1.29, 1.82) is 0 Å². The van der Waals surface area contributed by atoms with E-state index in [1.54, 1.807) is 0 Å². The standard InChI is InChI=1S/C21H17O/c1-3-7-18-14(5-1)9-11-16-13-17-12-10-15-6-2-4-8-19(15)21(17)22-20(16)18/h1-8,13H,9-12H2/q+1. The smallest absolute Gasteiger partial charge is 0.206 e. The predicted octanol–water partition coefficient (Wildman–Crippen LogP) is 5.09. The number of hydrogen-bond acceptors (Lipinski definition) is 0. The highest BCUT2D eigenvalue weighted by Gasteiger charge is 2.33. The van der Waals surface area contributed by atoms with E-state index < -0.39 is 0 Å². The molecule has 0 unspecified atom stereocenters. The lowest BCUT2D eigenvalue weighted by molar-refractivity contribution is 0.555. The first kappa shape index (κ1) is 12.2. The molecule has 0 bridgehead atoms. The van der Waals surface area contributed by atoms with Crippen molar-refractivity contribution in [2.45, 2.75) is 25.7 Å². The molecule has 0 atom stereocenters. The minimum Gasteiger partial charge on any atom is -0.206 e. The summed E-state index contributed by atoms with van der Waals surface area (Å²) in [5.41, 5.74) is 8.10. The molecular formula is C21H17O+. The quantitative estimate of drug-likeness (QED) is 0.523. The van der Waals surface area contributed by atoms with Crippen LogP contribution in [-0.4, -0.2) is 0 Å². The van der Waals surface area contributed by atoms with Crippen LogP contribution in [0.5, 0.6) is 0 Å². The van der Waals surface area contributed by atoms with Crippen molar-refractivity contribution in [3.63, 3.8) is 0 Å². The molecule has 0 aliphatic heterocycles. The van der Waals surface area contributed by atoms with E-state index in [0.29, 0.717) is 0 Å². The van der Waals surface area contributed by atoms with E-state index in [-0.39, 0.29) is 0 Å². The number of fused-ring (bicyclic) bond motifs is 6. The minimum atomic E-state index is 1.08. The average molecular weight is 285 g/mol. The highest BCUT2D eigenvalue weighted by atomic mass is 16.3. The van der Waals surface area contributed by atoms with Crippen LogP contribution in [0.25, 0.3) is 22.6 Å². The topological polar surface area (TPSA) is 11.3 Å². The van der Waals surface area contributed by atoms with Gasteiger partial charge in [-0.15, -0.1) is 0 Å². The summed E-state index contributed by atoms with van der Waals surface area (Å²) < 4.78 is 6.48. The second-order valence-corrected chi connectivity index (χ2v) is 6.27. The van der Waals surface area contributed by atoms with Crippen LogP contribution in [0, 0.1) is 0 Å². The third-order valence-corrected chi connectivity index (χ3v) is 4.99. The monoisotopic (exact) mass is 285 g/mol. The number of hydrogen-bond donors (Lipinski definition) is 0. The zero-order valence-corrected chi connectivity index (χ0v) is 12.4. The molecule has 1 heteroatoms. The zero-order valence-electron chi connectivity index (χ0n) is 12.4. The number of rotatable bonds is 0. The zero-order chi connectivity index (χ0) is 14.5. The van der Waals surface area contributed by atoms with Crippen molar-refractivity contribution in [2.75, 3.05) is 0 Å². The van der Waals surface area contributed by atoms with Crippen molar-refractivity contribution in [3.8, 4) is 22.6 Å². The Hall–Kier alpha value is -2.41. The fourth-order valence-corrected chi connectivity index (χ4v) is 3.86. The van der Waals surface area contributed by atoms with Gasteiger partial charge < -0.3 is 0 Å². The average Bonchev–Trinajstić information content (AvgIpc) is 2.60. The van der Waals surface area contributed by atoms with Crippen molar-refractivity contribution in [1.82, 2.24) is 0 Å². The molecule has 5 rings (SSSR count). The predicted molar refractivity (Wildman–Crippen MR) is 88.8 cm³/mol. The molecule has 1 heterocycles. The van der Waals surface area contributed by atoms with Crippen LogP contribution in [0.15, 0.2) is 59.0 Å². The molecule has 0 saturated carbocycles. The van der Waals surface area contributed by atoms with Gasteiger partial charge in [0.25, 0.3) is 0 Å². The molecule has 1 aromatic heterocycles. The van der Waals surface area contributed by atoms with Gasteiger partial charge in [0, 0.05) is 0 Å². The number of benzene rings is 2. The summed E-state index contributed by atoms with van der Waals surface area (Å²) in [6.07, 6.45) is 4.41. The van der Waals surface area contributed by atoms with Crippen LogP contribution < -0.4 is 0 Å². The van der Waals surface area contributed by atoms with E-state index in [1.807, 2.05) is 0 Å². The van der Waals surface area contributed by atoms with Crippen LogP contribution in [0.4, 0.5) is 0 Å². The van der Waals surface area contributed by atoms with Gasteiger partial charge in [0.2, 0.25) is 0 Å². The molecule has 106 valence electrons. The van der Waals surface area contributed by atoms with Gasteiger partial charge in [-0.2, -0.15) is 0 Å². The summed E-state index contributed by atoms with van der Waals surface area (Å²) in [4.78, 5) is 0. The lowest BCUT2D eigenvalue weighted by Crippen LogP contribution is -2.09. The van der Waals surface area contributed by atoms with Gasteiger partial charge in [0.15, 0.2) is 0 Å². The lowest BCUT2D eigenvalue weighted by Gasteiger charge is -2.17. The highest BCUT2D eigenvalue weighted by molar-refractivity contribution is 5.74. The summed E-state index contributed by atoms with van der Waals surface area (Å²) in [5, 5.41) is 0. The van der Waals surface area contributed by atoms with Crippen LogP contribution >= 0.6 is 0 Å². The summed E-state index contributed by atoms with van der Waals surface area (Å²) in [6, 6.07) is 19.7. The summed E-state index contributed by atoms with van der Waals surface area (Å²) in [6.45, 7) is 0.